The molecule has 1 aromatic carbocycles. The van der Waals surface area contributed by atoms with E-state index in [1.165, 1.54) is 11.1 Å². The average Bonchev–Trinajstić information content (AvgIpc) is 2.44. The minimum absolute atomic E-state index is 0.0439. The Morgan fingerprint density at radius 3 is 2.52 bits per heavy atom. The molecule has 0 aliphatic carbocycles. The van der Waals surface area contributed by atoms with Crippen LogP contribution < -0.4 is 4.74 Å². The van der Waals surface area contributed by atoms with E-state index in [9.17, 15) is 0 Å². The van der Waals surface area contributed by atoms with Crippen LogP contribution in [-0.4, -0.2) is 4.98 Å². The lowest BCUT2D eigenvalue weighted by atomic mass is 9.85. The SMILES string of the molecule is CCc1ccc(OCc2cccc(Cl)n2)c(C(C)(C)C)c1. The molecule has 0 amide bonds. The number of nitrogens with zero attached hydrogens (tertiary/aromatic N) is 1. The largest absolute Gasteiger partial charge is 0.487 e. The van der Waals surface area contributed by atoms with E-state index in [2.05, 4.69) is 50.9 Å². The lowest BCUT2D eigenvalue weighted by Gasteiger charge is -2.23. The van der Waals surface area contributed by atoms with Crippen LogP contribution in [0.1, 0.15) is 44.5 Å². The molecule has 1 aromatic heterocycles. The van der Waals surface area contributed by atoms with Crippen molar-refractivity contribution in [2.75, 3.05) is 0 Å². The van der Waals surface area contributed by atoms with E-state index in [1.54, 1.807) is 6.07 Å². The lowest BCUT2D eigenvalue weighted by Crippen LogP contribution is -2.14. The smallest absolute Gasteiger partial charge is 0.130 e. The van der Waals surface area contributed by atoms with Crippen molar-refractivity contribution in [1.29, 1.82) is 0 Å². The van der Waals surface area contributed by atoms with E-state index in [4.69, 9.17) is 16.3 Å². The molecule has 3 heteroatoms. The molecule has 0 spiro atoms. The lowest BCUT2D eigenvalue weighted by molar-refractivity contribution is 0.293. The first-order chi connectivity index (χ1) is 9.90. The molecular weight excluding hydrogens is 282 g/mol. The highest BCUT2D eigenvalue weighted by Gasteiger charge is 2.19. The maximum absolute atomic E-state index is 5.98. The molecule has 0 unspecified atom stereocenters. The minimum Gasteiger partial charge on any atom is -0.487 e. The van der Waals surface area contributed by atoms with Gasteiger partial charge in [0, 0.05) is 0 Å². The van der Waals surface area contributed by atoms with Gasteiger partial charge in [-0.2, -0.15) is 0 Å². The number of hydrogen-bond donors (Lipinski definition) is 0. The maximum atomic E-state index is 5.98. The molecule has 0 saturated carbocycles. The average molecular weight is 304 g/mol. The highest BCUT2D eigenvalue weighted by molar-refractivity contribution is 6.29. The third-order valence-electron chi connectivity index (χ3n) is 3.41. The number of hydrogen-bond acceptors (Lipinski definition) is 2. The molecule has 0 atom stereocenters. The summed E-state index contributed by atoms with van der Waals surface area (Å²) in [5.74, 6) is 0.918. The topological polar surface area (TPSA) is 22.1 Å². The Bertz CT molecular complexity index is 617. The Labute approximate surface area is 132 Å². The third-order valence-corrected chi connectivity index (χ3v) is 3.62. The molecule has 0 N–H and O–H groups in total. The predicted molar refractivity (Wildman–Crippen MR) is 88.1 cm³/mol. The number of halogens is 1. The molecule has 0 aliphatic rings. The quantitative estimate of drug-likeness (QED) is 0.727. The normalized spacial score (nSPS) is 11.5. The van der Waals surface area contributed by atoms with Crippen molar-refractivity contribution in [1.82, 2.24) is 4.98 Å². The van der Waals surface area contributed by atoms with Gasteiger partial charge in [0.2, 0.25) is 0 Å². The molecule has 0 fully saturated rings. The van der Waals surface area contributed by atoms with Crippen LogP contribution in [0.3, 0.4) is 0 Å². The van der Waals surface area contributed by atoms with Crippen LogP contribution in [0.25, 0.3) is 0 Å². The van der Waals surface area contributed by atoms with E-state index in [0.29, 0.717) is 11.8 Å². The molecule has 0 bridgehead atoms. The van der Waals surface area contributed by atoms with Gasteiger partial charge in [-0.25, -0.2) is 4.98 Å². The van der Waals surface area contributed by atoms with Crippen LogP contribution in [0.15, 0.2) is 36.4 Å². The minimum atomic E-state index is 0.0439. The van der Waals surface area contributed by atoms with Gasteiger partial charge in [0.1, 0.15) is 17.5 Å². The number of pyridine rings is 1. The monoisotopic (exact) mass is 303 g/mol. The number of benzene rings is 1. The van der Waals surface area contributed by atoms with Crippen molar-refractivity contribution in [3.05, 3.63) is 58.4 Å². The zero-order valence-electron chi connectivity index (χ0n) is 13.1. The van der Waals surface area contributed by atoms with Gasteiger partial charge in [-0.3, -0.25) is 0 Å². The van der Waals surface area contributed by atoms with Crippen LogP contribution in [0.5, 0.6) is 5.75 Å². The fourth-order valence-electron chi connectivity index (χ4n) is 2.19. The molecule has 2 rings (SSSR count). The molecule has 0 saturated heterocycles. The molecule has 2 aromatic rings. The van der Waals surface area contributed by atoms with Crippen molar-refractivity contribution >= 4 is 11.6 Å². The summed E-state index contributed by atoms with van der Waals surface area (Å²) >= 11 is 5.90. The summed E-state index contributed by atoms with van der Waals surface area (Å²) in [6.07, 6.45) is 1.03. The first kappa shape index (κ1) is 15.8. The van der Waals surface area contributed by atoms with Crippen LogP contribution in [0, 0.1) is 0 Å². The van der Waals surface area contributed by atoms with Gasteiger partial charge in [0.05, 0.1) is 5.69 Å². The summed E-state index contributed by atoms with van der Waals surface area (Å²) in [5.41, 5.74) is 3.43. The van der Waals surface area contributed by atoms with Gasteiger partial charge >= 0.3 is 0 Å². The molecular formula is C18H22ClNO. The van der Waals surface area contributed by atoms with Gasteiger partial charge < -0.3 is 4.74 Å². The second kappa shape index (κ2) is 6.48. The van der Waals surface area contributed by atoms with Crippen LogP contribution in [-0.2, 0) is 18.4 Å². The number of aryl methyl sites for hydroxylation is 1. The van der Waals surface area contributed by atoms with Gasteiger partial charge in [-0.15, -0.1) is 0 Å². The standard InChI is InChI=1S/C18H22ClNO/c1-5-13-9-10-16(15(11-13)18(2,3)4)21-12-14-7-6-8-17(19)20-14/h6-11H,5,12H2,1-4H3. The van der Waals surface area contributed by atoms with Crippen LogP contribution in [0.4, 0.5) is 0 Å². The molecule has 1 heterocycles. The zero-order chi connectivity index (χ0) is 15.5. The predicted octanol–water partition coefficient (Wildman–Crippen LogP) is 5.17. The number of aromatic nitrogens is 1. The highest BCUT2D eigenvalue weighted by Crippen LogP contribution is 2.32. The molecule has 2 nitrogen and oxygen atoms in total. The van der Waals surface area contributed by atoms with Crippen molar-refractivity contribution in [2.45, 2.75) is 46.1 Å². The summed E-state index contributed by atoms with van der Waals surface area (Å²) in [4.78, 5) is 4.25. The van der Waals surface area contributed by atoms with E-state index in [1.807, 2.05) is 12.1 Å². The van der Waals surface area contributed by atoms with E-state index in [0.717, 1.165) is 17.9 Å². The fourth-order valence-corrected chi connectivity index (χ4v) is 2.37. The summed E-state index contributed by atoms with van der Waals surface area (Å²) in [5, 5.41) is 0.494. The fraction of sp³-hybridized carbons (Fsp3) is 0.389. The van der Waals surface area contributed by atoms with Gasteiger partial charge in [0.25, 0.3) is 0 Å². The molecule has 112 valence electrons. The Morgan fingerprint density at radius 1 is 1.14 bits per heavy atom. The van der Waals surface area contributed by atoms with Gasteiger partial charge in [-0.05, 0) is 41.2 Å². The molecule has 21 heavy (non-hydrogen) atoms. The zero-order valence-corrected chi connectivity index (χ0v) is 13.9. The van der Waals surface area contributed by atoms with E-state index in [-0.39, 0.29) is 5.41 Å². The molecule has 0 radical (unpaired) electrons. The first-order valence-electron chi connectivity index (χ1n) is 7.28. The first-order valence-corrected chi connectivity index (χ1v) is 7.65. The second-order valence-electron chi connectivity index (χ2n) is 6.17. The van der Waals surface area contributed by atoms with Crippen LogP contribution in [0.2, 0.25) is 5.15 Å². The summed E-state index contributed by atoms with van der Waals surface area (Å²) in [6, 6.07) is 12.0. The van der Waals surface area contributed by atoms with Crippen molar-refractivity contribution in [3.8, 4) is 5.75 Å². The number of rotatable bonds is 4. The van der Waals surface area contributed by atoms with Crippen molar-refractivity contribution < 1.29 is 4.74 Å². The third kappa shape index (κ3) is 4.21. The highest BCUT2D eigenvalue weighted by atomic mass is 35.5. The summed E-state index contributed by atoms with van der Waals surface area (Å²) in [7, 11) is 0. The molecule has 0 aliphatic heterocycles. The Balaban J connectivity index is 2.23. The van der Waals surface area contributed by atoms with Gasteiger partial charge in [-0.1, -0.05) is 57.5 Å². The number of ether oxygens (including phenoxy) is 1. The van der Waals surface area contributed by atoms with Crippen LogP contribution >= 0.6 is 11.6 Å². The Morgan fingerprint density at radius 2 is 1.90 bits per heavy atom. The second-order valence-corrected chi connectivity index (χ2v) is 6.56. The van der Waals surface area contributed by atoms with E-state index >= 15 is 0 Å². The summed E-state index contributed by atoms with van der Waals surface area (Å²) in [6.45, 7) is 9.19. The van der Waals surface area contributed by atoms with Crippen molar-refractivity contribution in [3.63, 3.8) is 0 Å². The van der Waals surface area contributed by atoms with Crippen molar-refractivity contribution in [2.24, 2.45) is 0 Å². The van der Waals surface area contributed by atoms with E-state index < -0.39 is 0 Å². The van der Waals surface area contributed by atoms with Gasteiger partial charge in [0.15, 0.2) is 0 Å². The Hall–Kier alpha value is -1.54. The maximum Gasteiger partial charge on any atom is 0.130 e. The Kier molecular flexibility index (Phi) is 4.89. The summed E-state index contributed by atoms with van der Waals surface area (Å²) < 4.78 is 5.98.